The third kappa shape index (κ3) is 3.92. The summed E-state index contributed by atoms with van der Waals surface area (Å²) in [6, 6.07) is 22.9. The molecule has 138 valence electrons. The first kappa shape index (κ1) is 17.9. The first-order valence-electron chi connectivity index (χ1n) is 8.85. The molecule has 0 saturated heterocycles. The number of aromatic nitrogens is 2. The Morgan fingerprint density at radius 3 is 2.11 bits per heavy atom. The maximum Gasteiger partial charge on any atom is 0.326 e. The van der Waals surface area contributed by atoms with Crippen LogP contribution in [0, 0.1) is 0 Å². The first-order chi connectivity index (χ1) is 13.8. The van der Waals surface area contributed by atoms with E-state index in [1.165, 1.54) is 0 Å². The number of carbonyl (C=O) groups is 1. The Hall–Kier alpha value is -3.51. The third-order valence-electron chi connectivity index (χ3n) is 4.17. The summed E-state index contributed by atoms with van der Waals surface area (Å²) in [5.41, 5.74) is 3.12. The van der Waals surface area contributed by atoms with Crippen LogP contribution in [0.2, 0.25) is 0 Å². The number of nitrogens with zero attached hydrogens (tertiary/aromatic N) is 3. The smallest absolute Gasteiger partial charge is 0.326 e. The van der Waals surface area contributed by atoms with Crippen LogP contribution in [0.4, 0.5) is 16.2 Å². The van der Waals surface area contributed by atoms with Gasteiger partial charge in [0.05, 0.1) is 28.5 Å². The minimum atomic E-state index is -0.222. The van der Waals surface area contributed by atoms with Gasteiger partial charge in [0.1, 0.15) is 5.69 Å². The van der Waals surface area contributed by atoms with Gasteiger partial charge in [-0.3, -0.25) is 14.9 Å². The number of rotatable bonds is 5. The van der Waals surface area contributed by atoms with Crippen molar-refractivity contribution < 1.29 is 4.79 Å². The molecule has 0 aliphatic rings. The second kappa shape index (κ2) is 8.45. The van der Waals surface area contributed by atoms with Crippen molar-refractivity contribution in [2.45, 2.75) is 6.54 Å². The van der Waals surface area contributed by atoms with E-state index >= 15 is 0 Å². The molecule has 0 radical (unpaired) electrons. The lowest BCUT2D eigenvalue weighted by Gasteiger charge is -2.23. The molecule has 0 saturated carbocycles. The maximum absolute atomic E-state index is 13.1. The van der Waals surface area contributed by atoms with Gasteiger partial charge >= 0.3 is 6.03 Å². The number of para-hydroxylation sites is 2. The minimum Gasteiger partial charge on any atom is -0.332 e. The molecule has 4 rings (SSSR count). The number of carbonyl (C=O) groups excluding carboxylic acids is 1. The Morgan fingerprint density at radius 1 is 0.857 bits per heavy atom. The Labute approximate surface area is 167 Å². The van der Waals surface area contributed by atoms with Crippen molar-refractivity contribution in [2.24, 2.45) is 0 Å². The van der Waals surface area contributed by atoms with Crippen molar-refractivity contribution >= 4 is 28.7 Å². The molecule has 0 unspecified atom stereocenters. The van der Waals surface area contributed by atoms with E-state index in [1.54, 1.807) is 28.6 Å². The lowest BCUT2D eigenvalue weighted by atomic mass is 10.2. The molecule has 2 aromatic carbocycles. The van der Waals surface area contributed by atoms with Crippen LogP contribution in [0.1, 0.15) is 5.69 Å². The van der Waals surface area contributed by atoms with Gasteiger partial charge in [-0.05, 0) is 35.7 Å². The molecule has 0 aliphatic carbocycles. The van der Waals surface area contributed by atoms with Crippen LogP contribution >= 0.6 is 11.3 Å². The fraction of sp³-hybridized carbons (Fsp3) is 0.0455. The lowest BCUT2D eigenvalue weighted by Crippen LogP contribution is -2.36. The van der Waals surface area contributed by atoms with Crippen molar-refractivity contribution in [1.29, 1.82) is 0 Å². The van der Waals surface area contributed by atoms with Crippen LogP contribution in [0.5, 0.6) is 0 Å². The molecule has 1 N–H and O–H groups in total. The summed E-state index contributed by atoms with van der Waals surface area (Å²) in [6.45, 7) is 0.288. The molecule has 28 heavy (non-hydrogen) atoms. The highest BCUT2D eigenvalue weighted by atomic mass is 32.1. The zero-order chi connectivity index (χ0) is 19.2. The largest absolute Gasteiger partial charge is 0.332 e. The Bertz CT molecular complexity index is 997. The number of hydrogen-bond donors (Lipinski definition) is 1. The van der Waals surface area contributed by atoms with E-state index in [2.05, 4.69) is 15.3 Å². The SMILES string of the molecule is O=C(NCc1nccnc1-c1cccs1)N(c1ccccc1)c1ccccc1. The summed E-state index contributed by atoms with van der Waals surface area (Å²) < 4.78 is 0. The van der Waals surface area contributed by atoms with Gasteiger partial charge in [0.2, 0.25) is 0 Å². The molecule has 0 atom stereocenters. The van der Waals surface area contributed by atoms with E-state index in [1.807, 2.05) is 78.2 Å². The number of nitrogens with one attached hydrogen (secondary N) is 1. The van der Waals surface area contributed by atoms with Crippen LogP contribution in [0.15, 0.2) is 90.6 Å². The molecule has 5 nitrogen and oxygen atoms in total. The number of anilines is 2. The Kier molecular flexibility index (Phi) is 5.40. The van der Waals surface area contributed by atoms with E-state index in [9.17, 15) is 4.79 Å². The number of thiophene rings is 1. The minimum absolute atomic E-state index is 0.222. The molecule has 0 aliphatic heterocycles. The number of hydrogen-bond acceptors (Lipinski definition) is 4. The van der Waals surface area contributed by atoms with Crippen molar-refractivity contribution in [3.63, 3.8) is 0 Å². The molecule has 2 amide bonds. The first-order valence-corrected chi connectivity index (χ1v) is 9.73. The molecule has 0 bridgehead atoms. The number of amides is 2. The normalized spacial score (nSPS) is 10.4. The van der Waals surface area contributed by atoms with Gasteiger partial charge in [-0.15, -0.1) is 11.3 Å². The molecule has 4 aromatic rings. The van der Waals surface area contributed by atoms with Gasteiger partial charge in [0.25, 0.3) is 0 Å². The molecular weight excluding hydrogens is 368 g/mol. The second-order valence-corrected chi connectivity index (χ2v) is 6.94. The van der Waals surface area contributed by atoms with Crippen LogP contribution < -0.4 is 10.2 Å². The standard InChI is InChI=1S/C22H18N4OS/c27-22(25-16-19-21(24-14-13-23-19)20-12-7-15-28-20)26(17-8-3-1-4-9-17)18-10-5-2-6-11-18/h1-15H,16H2,(H,25,27). The van der Waals surface area contributed by atoms with Gasteiger partial charge in [0.15, 0.2) is 0 Å². The van der Waals surface area contributed by atoms with E-state index in [4.69, 9.17) is 0 Å². The van der Waals surface area contributed by atoms with Crippen molar-refractivity contribution in [3.05, 3.63) is 96.3 Å². The predicted molar refractivity (Wildman–Crippen MR) is 113 cm³/mol. The molecule has 2 aromatic heterocycles. The molecule has 6 heteroatoms. The van der Waals surface area contributed by atoms with E-state index in [-0.39, 0.29) is 12.6 Å². The van der Waals surface area contributed by atoms with Gasteiger partial charge in [-0.1, -0.05) is 42.5 Å². The maximum atomic E-state index is 13.1. The molecule has 0 spiro atoms. The van der Waals surface area contributed by atoms with E-state index in [0.29, 0.717) is 0 Å². The average molecular weight is 386 g/mol. The van der Waals surface area contributed by atoms with Gasteiger partial charge < -0.3 is 5.32 Å². The zero-order valence-corrected chi connectivity index (χ0v) is 15.8. The fourth-order valence-corrected chi connectivity index (χ4v) is 3.63. The number of benzene rings is 2. The van der Waals surface area contributed by atoms with E-state index < -0.39 is 0 Å². The molecular formula is C22H18N4OS. The van der Waals surface area contributed by atoms with Crippen molar-refractivity contribution in [2.75, 3.05) is 4.90 Å². The summed E-state index contributed by atoms with van der Waals surface area (Å²) in [5, 5.41) is 4.99. The lowest BCUT2D eigenvalue weighted by molar-refractivity contribution is 0.248. The van der Waals surface area contributed by atoms with Crippen molar-refractivity contribution in [3.8, 4) is 10.6 Å². The van der Waals surface area contributed by atoms with Crippen molar-refractivity contribution in [1.82, 2.24) is 15.3 Å². The van der Waals surface area contributed by atoms with Gasteiger partial charge in [0, 0.05) is 12.4 Å². The highest BCUT2D eigenvalue weighted by Crippen LogP contribution is 2.26. The predicted octanol–water partition coefficient (Wildman–Crippen LogP) is 5.25. The van der Waals surface area contributed by atoms with Crippen LogP contribution in [-0.4, -0.2) is 16.0 Å². The topological polar surface area (TPSA) is 58.1 Å². The quantitative estimate of drug-likeness (QED) is 0.509. The van der Waals surface area contributed by atoms with Crippen LogP contribution in [0.3, 0.4) is 0 Å². The molecule has 2 heterocycles. The summed E-state index contributed by atoms with van der Waals surface area (Å²) in [4.78, 5) is 24.6. The average Bonchev–Trinajstić information content (AvgIpc) is 3.29. The zero-order valence-electron chi connectivity index (χ0n) is 15.0. The third-order valence-corrected chi connectivity index (χ3v) is 5.04. The van der Waals surface area contributed by atoms with E-state index in [0.717, 1.165) is 27.6 Å². The Morgan fingerprint density at radius 2 is 1.50 bits per heavy atom. The monoisotopic (exact) mass is 386 g/mol. The Balaban J connectivity index is 1.58. The summed E-state index contributed by atoms with van der Waals surface area (Å²) in [6.07, 6.45) is 3.31. The summed E-state index contributed by atoms with van der Waals surface area (Å²) in [7, 11) is 0. The highest BCUT2D eigenvalue weighted by molar-refractivity contribution is 7.13. The summed E-state index contributed by atoms with van der Waals surface area (Å²) >= 11 is 1.60. The second-order valence-electron chi connectivity index (χ2n) is 5.99. The van der Waals surface area contributed by atoms with Crippen LogP contribution in [0.25, 0.3) is 10.6 Å². The number of urea groups is 1. The molecule has 0 fully saturated rings. The van der Waals surface area contributed by atoms with Gasteiger partial charge in [-0.25, -0.2) is 4.79 Å². The fourth-order valence-electron chi connectivity index (χ4n) is 2.89. The van der Waals surface area contributed by atoms with Gasteiger partial charge in [-0.2, -0.15) is 0 Å². The summed E-state index contributed by atoms with van der Waals surface area (Å²) in [5.74, 6) is 0. The highest BCUT2D eigenvalue weighted by Gasteiger charge is 2.18. The van der Waals surface area contributed by atoms with Crippen LogP contribution in [-0.2, 0) is 6.54 Å².